The molecule has 0 heterocycles. The van der Waals surface area contributed by atoms with Crippen molar-refractivity contribution in [3.8, 4) is 0 Å². The minimum atomic E-state index is -2.93. The van der Waals surface area contributed by atoms with Gasteiger partial charge in [0.15, 0.2) is 0 Å². The van der Waals surface area contributed by atoms with Crippen LogP contribution in [0.15, 0.2) is 12.1 Å². The van der Waals surface area contributed by atoms with E-state index in [1.54, 1.807) is 0 Å². The van der Waals surface area contributed by atoms with E-state index in [4.69, 9.17) is 0 Å². The number of hydrogen-bond acceptors (Lipinski definition) is 0. The SMILES string of the molecule is C.C.Cc1cc(C2CCC(CC3CCCC3)CC2)cc(C)c1C(F)(F)Br. The van der Waals surface area contributed by atoms with Crippen LogP contribution >= 0.6 is 15.9 Å². The summed E-state index contributed by atoms with van der Waals surface area (Å²) in [5.41, 5.74) is 2.82. The molecule has 3 rings (SSSR count). The molecule has 2 aliphatic rings. The Bertz CT molecular complexity index is 539. The predicted molar refractivity (Wildman–Crippen MR) is 113 cm³/mol. The van der Waals surface area contributed by atoms with Gasteiger partial charge in [-0.15, -0.1) is 0 Å². The lowest BCUT2D eigenvalue weighted by Gasteiger charge is -2.31. The summed E-state index contributed by atoms with van der Waals surface area (Å²) < 4.78 is 27.4. The zero-order chi connectivity index (χ0) is 17.3. The lowest BCUT2D eigenvalue weighted by atomic mass is 9.75. The van der Waals surface area contributed by atoms with Crippen molar-refractivity contribution in [2.75, 3.05) is 0 Å². The normalized spacial score (nSPS) is 24.0. The molecule has 2 saturated carbocycles. The molecular formula is C23H37BrF2. The van der Waals surface area contributed by atoms with Gasteiger partial charge in [0, 0.05) is 5.56 Å². The van der Waals surface area contributed by atoms with Gasteiger partial charge in [-0.1, -0.05) is 52.7 Å². The van der Waals surface area contributed by atoms with E-state index in [0.717, 1.165) is 11.8 Å². The third-order valence-electron chi connectivity index (χ3n) is 6.30. The second kappa shape index (κ2) is 9.66. The molecule has 2 aliphatic carbocycles. The van der Waals surface area contributed by atoms with Gasteiger partial charge in [0.05, 0.1) is 0 Å². The van der Waals surface area contributed by atoms with E-state index >= 15 is 0 Å². The predicted octanol–water partition coefficient (Wildman–Crippen LogP) is 8.87. The Kier molecular flexibility index (Phi) is 8.77. The van der Waals surface area contributed by atoms with Gasteiger partial charge >= 0.3 is 4.83 Å². The molecule has 0 N–H and O–H groups in total. The summed E-state index contributed by atoms with van der Waals surface area (Å²) in [5.74, 6) is 2.44. The average Bonchev–Trinajstić information content (AvgIpc) is 2.98. The Morgan fingerprint density at radius 3 is 1.81 bits per heavy atom. The van der Waals surface area contributed by atoms with E-state index < -0.39 is 4.83 Å². The first-order chi connectivity index (χ1) is 11.3. The van der Waals surface area contributed by atoms with Gasteiger partial charge in [-0.3, -0.25) is 0 Å². The van der Waals surface area contributed by atoms with Crippen LogP contribution in [0, 0.1) is 25.7 Å². The molecule has 1 aromatic carbocycles. The van der Waals surface area contributed by atoms with E-state index in [9.17, 15) is 8.78 Å². The van der Waals surface area contributed by atoms with Gasteiger partial charge < -0.3 is 0 Å². The van der Waals surface area contributed by atoms with E-state index in [0.29, 0.717) is 17.0 Å². The highest BCUT2D eigenvalue weighted by Crippen LogP contribution is 2.43. The molecule has 0 saturated heterocycles. The molecule has 3 heteroatoms. The molecule has 0 aliphatic heterocycles. The van der Waals surface area contributed by atoms with Gasteiger partial charge in [0.2, 0.25) is 0 Å². The second-order valence-electron chi connectivity index (χ2n) is 8.13. The highest BCUT2D eigenvalue weighted by Gasteiger charge is 2.32. The van der Waals surface area contributed by atoms with Crippen LogP contribution in [-0.2, 0) is 4.83 Å². The highest BCUT2D eigenvalue weighted by molar-refractivity contribution is 9.09. The summed E-state index contributed by atoms with van der Waals surface area (Å²) in [6, 6.07) is 4.00. The van der Waals surface area contributed by atoms with Crippen molar-refractivity contribution in [1.82, 2.24) is 0 Å². The van der Waals surface area contributed by atoms with Crippen molar-refractivity contribution in [3.05, 3.63) is 34.4 Å². The maximum absolute atomic E-state index is 13.7. The van der Waals surface area contributed by atoms with Crippen molar-refractivity contribution in [1.29, 1.82) is 0 Å². The van der Waals surface area contributed by atoms with Gasteiger partial charge in [-0.05, 0) is 96.3 Å². The molecule has 150 valence electrons. The van der Waals surface area contributed by atoms with Crippen molar-refractivity contribution < 1.29 is 8.78 Å². The lowest BCUT2D eigenvalue weighted by Crippen LogP contribution is -2.17. The first-order valence-electron chi connectivity index (χ1n) is 9.53. The molecule has 0 aromatic heterocycles. The fraction of sp³-hybridized carbons (Fsp3) is 0.739. The van der Waals surface area contributed by atoms with Gasteiger partial charge in [0.1, 0.15) is 0 Å². The van der Waals surface area contributed by atoms with E-state index in [1.165, 1.54) is 63.4 Å². The smallest absolute Gasteiger partial charge is 0.188 e. The Labute approximate surface area is 168 Å². The van der Waals surface area contributed by atoms with Crippen molar-refractivity contribution >= 4 is 15.9 Å². The third kappa shape index (κ3) is 5.53. The van der Waals surface area contributed by atoms with Crippen LogP contribution in [0.5, 0.6) is 0 Å². The maximum Gasteiger partial charge on any atom is 0.327 e. The molecule has 0 nitrogen and oxygen atoms in total. The molecular weight excluding hydrogens is 394 g/mol. The zero-order valence-electron chi connectivity index (χ0n) is 14.9. The van der Waals surface area contributed by atoms with Crippen molar-refractivity contribution in [2.45, 2.75) is 97.2 Å². The van der Waals surface area contributed by atoms with E-state index in [-0.39, 0.29) is 20.4 Å². The summed E-state index contributed by atoms with van der Waals surface area (Å²) in [6.07, 6.45) is 12.3. The highest BCUT2D eigenvalue weighted by atomic mass is 79.9. The fourth-order valence-corrected chi connectivity index (χ4v) is 5.75. The standard InChI is InChI=1S/C21H29BrF2.2CH4/c1-14-11-19(12-15(2)20(14)21(22,23)24)18-9-7-17(8-10-18)13-16-5-3-4-6-16;;/h11-12,16-18H,3-10,13H2,1-2H3;2*1H4. The Hall–Kier alpha value is -0.440. The number of alkyl halides is 3. The third-order valence-corrected chi connectivity index (χ3v) is 6.69. The quantitative estimate of drug-likeness (QED) is 0.418. The largest absolute Gasteiger partial charge is 0.327 e. The summed E-state index contributed by atoms with van der Waals surface area (Å²) in [6.45, 7) is 3.62. The zero-order valence-corrected chi connectivity index (χ0v) is 16.5. The number of benzene rings is 1. The number of aryl methyl sites for hydroxylation is 2. The average molecular weight is 431 g/mol. The topological polar surface area (TPSA) is 0 Å². The lowest BCUT2D eigenvalue weighted by molar-refractivity contribution is 0.113. The van der Waals surface area contributed by atoms with E-state index in [1.807, 2.05) is 26.0 Å². The molecule has 0 spiro atoms. The van der Waals surface area contributed by atoms with Crippen LogP contribution in [0.1, 0.15) is 101 Å². The van der Waals surface area contributed by atoms with Gasteiger partial charge in [-0.2, -0.15) is 8.78 Å². The van der Waals surface area contributed by atoms with Crippen LogP contribution in [-0.4, -0.2) is 0 Å². The van der Waals surface area contributed by atoms with Crippen LogP contribution in [0.4, 0.5) is 8.78 Å². The molecule has 26 heavy (non-hydrogen) atoms. The minimum Gasteiger partial charge on any atom is -0.188 e. The minimum absolute atomic E-state index is 0. The van der Waals surface area contributed by atoms with Gasteiger partial charge in [0.25, 0.3) is 0 Å². The molecule has 1 aromatic rings. The monoisotopic (exact) mass is 430 g/mol. The van der Waals surface area contributed by atoms with Crippen LogP contribution < -0.4 is 0 Å². The first-order valence-corrected chi connectivity index (χ1v) is 10.3. The summed E-state index contributed by atoms with van der Waals surface area (Å²) >= 11 is 2.52. The number of rotatable bonds is 4. The molecule has 0 atom stereocenters. The second-order valence-corrected chi connectivity index (χ2v) is 9.13. The van der Waals surface area contributed by atoms with Crippen molar-refractivity contribution in [3.63, 3.8) is 0 Å². The van der Waals surface area contributed by atoms with Crippen LogP contribution in [0.3, 0.4) is 0 Å². The fourth-order valence-electron chi connectivity index (χ4n) is 5.13. The Morgan fingerprint density at radius 1 is 0.885 bits per heavy atom. The Balaban J connectivity index is 0.00000169. The summed E-state index contributed by atoms with van der Waals surface area (Å²) in [5, 5.41) is 0. The molecule has 0 amide bonds. The number of halogens is 3. The molecule has 2 fully saturated rings. The van der Waals surface area contributed by atoms with Crippen LogP contribution in [0.2, 0.25) is 0 Å². The van der Waals surface area contributed by atoms with Crippen LogP contribution in [0.25, 0.3) is 0 Å². The maximum atomic E-state index is 13.7. The summed E-state index contributed by atoms with van der Waals surface area (Å²) in [4.78, 5) is -2.93. The van der Waals surface area contributed by atoms with E-state index in [2.05, 4.69) is 15.9 Å². The molecule has 0 bridgehead atoms. The molecule has 0 unspecified atom stereocenters. The first kappa shape index (κ1) is 23.6. The van der Waals surface area contributed by atoms with Gasteiger partial charge in [-0.25, -0.2) is 0 Å². The Morgan fingerprint density at radius 2 is 1.35 bits per heavy atom. The van der Waals surface area contributed by atoms with Crippen molar-refractivity contribution in [2.24, 2.45) is 11.8 Å². The summed E-state index contributed by atoms with van der Waals surface area (Å²) in [7, 11) is 0. The molecule has 0 radical (unpaired) electrons. The number of hydrogen-bond donors (Lipinski definition) is 0.